The van der Waals surface area contributed by atoms with Crippen molar-refractivity contribution in [2.75, 3.05) is 33.2 Å². The predicted octanol–water partition coefficient (Wildman–Crippen LogP) is 4.00. The number of likely N-dealkylation sites (tertiary alicyclic amines) is 2. The number of nitrogens with zero attached hydrogens (tertiary/aromatic N) is 4. The molecule has 2 aliphatic heterocycles. The highest BCUT2D eigenvalue weighted by atomic mass is 19.1. The van der Waals surface area contributed by atoms with Crippen LogP contribution in [0.25, 0.3) is 0 Å². The number of carbonyl (C=O) groups is 2. The Morgan fingerprint density at radius 3 is 2.28 bits per heavy atom. The number of rotatable bonds is 4. The van der Waals surface area contributed by atoms with Gasteiger partial charge in [0, 0.05) is 45.3 Å². The number of halogens is 1. The van der Waals surface area contributed by atoms with Crippen LogP contribution in [0.2, 0.25) is 0 Å². The first-order valence-electron chi connectivity index (χ1n) is 11.4. The molecule has 3 heterocycles. The van der Waals surface area contributed by atoms with Gasteiger partial charge in [-0.2, -0.15) is 0 Å². The summed E-state index contributed by atoms with van der Waals surface area (Å²) in [4.78, 5) is 36.3. The molecule has 6 nitrogen and oxygen atoms in total. The number of aromatic nitrogens is 1. The molecule has 0 bridgehead atoms. The van der Waals surface area contributed by atoms with Gasteiger partial charge in [0.25, 0.3) is 0 Å². The van der Waals surface area contributed by atoms with Gasteiger partial charge in [-0.25, -0.2) is 9.18 Å². The molecule has 170 valence electrons. The van der Waals surface area contributed by atoms with Crippen molar-refractivity contribution < 1.29 is 14.0 Å². The molecule has 0 spiro atoms. The van der Waals surface area contributed by atoms with Gasteiger partial charge in [0.1, 0.15) is 5.82 Å². The number of hydrogen-bond acceptors (Lipinski definition) is 3. The molecule has 7 heteroatoms. The smallest absolute Gasteiger partial charge is 0.319 e. The third kappa shape index (κ3) is 4.61. The van der Waals surface area contributed by atoms with Crippen LogP contribution in [0.5, 0.6) is 0 Å². The second kappa shape index (κ2) is 9.67. The maximum Gasteiger partial charge on any atom is 0.319 e. The third-order valence-electron chi connectivity index (χ3n) is 6.72. The molecule has 0 saturated carbocycles. The van der Waals surface area contributed by atoms with Crippen LogP contribution in [0.1, 0.15) is 48.5 Å². The first-order chi connectivity index (χ1) is 15.5. The average Bonchev–Trinajstić information content (AvgIpc) is 3.36. The van der Waals surface area contributed by atoms with Gasteiger partial charge in [-0.05, 0) is 61.9 Å². The van der Waals surface area contributed by atoms with Crippen LogP contribution in [0.4, 0.5) is 9.18 Å². The van der Waals surface area contributed by atoms with Crippen molar-refractivity contribution in [1.29, 1.82) is 0 Å². The molecule has 2 aromatic rings. The summed E-state index contributed by atoms with van der Waals surface area (Å²) in [7, 11) is 1.80. The lowest BCUT2D eigenvalue weighted by molar-refractivity contribution is -0.137. The summed E-state index contributed by atoms with van der Waals surface area (Å²) in [6.45, 7) is 4.85. The maximum atomic E-state index is 13.6. The second-order valence-electron chi connectivity index (χ2n) is 8.85. The summed E-state index contributed by atoms with van der Waals surface area (Å²) in [5.41, 5.74) is 2.59. The number of hydrogen-bond donors (Lipinski definition) is 0. The van der Waals surface area contributed by atoms with Crippen LogP contribution >= 0.6 is 0 Å². The van der Waals surface area contributed by atoms with Gasteiger partial charge in [-0.3, -0.25) is 9.78 Å². The largest absolute Gasteiger partial charge is 0.333 e. The SMILES string of the molecule is Cc1cccnc1C(c1ccc(F)cc1)N(C)C(=O)C1CCN(C(=O)N2CCCC2)CC1. The molecular weight excluding hydrogens is 407 g/mol. The van der Waals surface area contributed by atoms with Gasteiger partial charge in [-0.1, -0.05) is 18.2 Å². The Hall–Kier alpha value is -2.96. The fraction of sp³-hybridized carbons (Fsp3) is 0.480. The van der Waals surface area contributed by atoms with E-state index in [2.05, 4.69) is 4.98 Å². The minimum absolute atomic E-state index is 0.0395. The Kier molecular flexibility index (Phi) is 6.72. The quantitative estimate of drug-likeness (QED) is 0.725. The van der Waals surface area contributed by atoms with Crippen molar-refractivity contribution in [2.24, 2.45) is 5.92 Å². The Labute approximate surface area is 189 Å². The summed E-state index contributed by atoms with van der Waals surface area (Å²) in [6.07, 6.45) is 5.17. The van der Waals surface area contributed by atoms with Crippen molar-refractivity contribution in [2.45, 2.75) is 38.6 Å². The number of pyridine rings is 1. The highest BCUT2D eigenvalue weighted by Crippen LogP contribution is 2.31. The molecular formula is C25H31FN4O2. The van der Waals surface area contributed by atoms with Crippen molar-refractivity contribution in [3.63, 3.8) is 0 Å². The molecule has 2 fully saturated rings. The fourth-order valence-electron chi connectivity index (χ4n) is 4.84. The Morgan fingerprint density at radius 1 is 1.03 bits per heavy atom. The number of piperidine rings is 1. The third-order valence-corrected chi connectivity index (χ3v) is 6.72. The van der Waals surface area contributed by atoms with Gasteiger partial charge in [0.15, 0.2) is 0 Å². The highest BCUT2D eigenvalue weighted by molar-refractivity contribution is 5.80. The second-order valence-corrected chi connectivity index (χ2v) is 8.85. The average molecular weight is 439 g/mol. The molecule has 0 radical (unpaired) electrons. The first-order valence-corrected chi connectivity index (χ1v) is 11.4. The first kappa shape index (κ1) is 22.2. The standard InChI is InChI=1S/C25H31FN4O2/c1-18-6-5-13-27-22(18)23(19-7-9-21(26)10-8-19)28(2)24(31)20-11-16-30(17-12-20)25(32)29-14-3-4-15-29/h5-10,13,20,23H,3-4,11-12,14-17H2,1-2H3. The summed E-state index contributed by atoms with van der Waals surface area (Å²) >= 11 is 0. The number of amides is 3. The molecule has 0 N–H and O–H groups in total. The van der Waals surface area contributed by atoms with Crippen LogP contribution in [0.15, 0.2) is 42.6 Å². The Morgan fingerprint density at radius 2 is 1.66 bits per heavy atom. The zero-order valence-electron chi connectivity index (χ0n) is 18.8. The molecule has 2 aliphatic rings. The van der Waals surface area contributed by atoms with E-state index in [1.54, 1.807) is 30.3 Å². The summed E-state index contributed by atoms with van der Waals surface area (Å²) in [5, 5.41) is 0. The molecule has 3 amide bonds. The van der Waals surface area contributed by atoms with Crippen molar-refractivity contribution >= 4 is 11.9 Å². The number of aryl methyl sites for hydroxylation is 1. The minimum Gasteiger partial charge on any atom is -0.333 e. The van der Waals surface area contributed by atoms with Crippen LogP contribution in [-0.2, 0) is 4.79 Å². The Balaban J connectivity index is 1.49. The van der Waals surface area contributed by atoms with Gasteiger partial charge in [-0.15, -0.1) is 0 Å². The molecule has 4 rings (SSSR count). The summed E-state index contributed by atoms with van der Waals surface area (Å²) < 4.78 is 13.6. The summed E-state index contributed by atoms with van der Waals surface area (Å²) in [5.74, 6) is -0.415. The number of carbonyl (C=O) groups excluding carboxylic acids is 2. The molecule has 32 heavy (non-hydrogen) atoms. The van der Waals surface area contributed by atoms with Crippen molar-refractivity contribution in [1.82, 2.24) is 19.7 Å². The Bertz CT molecular complexity index is 951. The number of benzene rings is 1. The van der Waals surface area contributed by atoms with Crippen LogP contribution in [0, 0.1) is 18.7 Å². The molecule has 1 unspecified atom stereocenters. The fourth-order valence-corrected chi connectivity index (χ4v) is 4.84. The van der Waals surface area contributed by atoms with E-state index in [-0.39, 0.29) is 23.7 Å². The van der Waals surface area contributed by atoms with Crippen molar-refractivity contribution in [3.05, 3.63) is 65.2 Å². The van der Waals surface area contributed by atoms with E-state index in [1.165, 1.54) is 12.1 Å². The van der Waals surface area contributed by atoms with E-state index < -0.39 is 6.04 Å². The van der Waals surface area contributed by atoms with Gasteiger partial charge >= 0.3 is 6.03 Å². The molecule has 2 saturated heterocycles. The lowest BCUT2D eigenvalue weighted by Crippen LogP contribution is -2.48. The van der Waals surface area contributed by atoms with Crippen LogP contribution < -0.4 is 0 Å². The topological polar surface area (TPSA) is 56.8 Å². The van der Waals surface area contributed by atoms with Gasteiger partial charge in [0.05, 0.1) is 11.7 Å². The molecule has 1 atom stereocenters. The maximum absolute atomic E-state index is 13.6. The lowest BCUT2D eigenvalue weighted by Gasteiger charge is -2.37. The van der Waals surface area contributed by atoms with E-state index in [0.29, 0.717) is 25.9 Å². The lowest BCUT2D eigenvalue weighted by atomic mass is 9.92. The van der Waals surface area contributed by atoms with E-state index in [9.17, 15) is 14.0 Å². The zero-order valence-corrected chi connectivity index (χ0v) is 18.8. The van der Waals surface area contributed by atoms with Gasteiger partial charge in [0.2, 0.25) is 5.91 Å². The van der Waals surface area contributed by atoms with E-state index in [4.69, 9.17) is 0 Å². The van der Waals surface area contributed by atoms with Crippen molar-refractivity contribution in [3.8, 4) is 0 Å². The van der Waals surface area contributed by atoms with Crippen LogP contribution in [-0.4, -0.2) is 64.8 Å². The predicted molar refractivity (Wildman–Crippen MR) is 120 cm³/mol. The van der Waals surface area contributed by atoms with Gasteiger partial charge < -0.3 is 14.7 Å². The normalized spacial score (nSPS) is 18.0. The van der Waals surface area contributed by atoms with E-state index in [0.717, 1.165) is 42.8 Å². The minimum atomic E-state index is -0.395. The van der Waals surface area contributed by atoms with E-state index in [1.807, 2.05) is 28.9 Å². The summed E-state index contributed by atoms with van der Waals surface area (Å²) in [6, 6.07) is 9.83. The monoisotopic (exact) mass is 438 g/mol. The zero-order chi connectivity index (χ0) is 22.7. The van der Waals surface area contributed by atoms with E-state index >= 15 is 0 Å². The highest BCUT2D eigenvalue weighted by Gasteiger charge is 2.34. The molecule has 1 aromatic carbocycles. The molecule has 0 aliphatic carbocycles. The van der Waals surface area contributed by atoms with Crippen LogP contribution in [0.3, 0.4) is 0 Å². The molecule has 1 aromatic heterocycles. The number of urea groups is 1.